The maximum Gasteiger partial charge on any atom is 0.247 e. The first-order valence-electron chi connectivity index (χ1n) is 5.89. The third kappa shape index (κ3) is 2.64. The summed E-state index contributed by atoms with van der Waals surface area (Å²) in [5.74, 6) is 7.15. The summed E-state index contributed by atoms with van der Waals surface area (Å²) in [6, 6.07) is 7.92. The van der Waals surface area contributed by atoms with E-state index in [9.17, 15) is 0 Å². The van der Waals surface area contributed by atoms with Crippen LogP contribution in [0.5, 0.6) is 0 Å². The van der Waals surface area contributed by atoms with Gasteiger partial charge < -0.3 is 10.3 Å². The van der Waals surface area contributed by atoms with Gasteiger partial charge in [0.15, 0.2) is 0 Å². The van der Waals surface area contributed by atoms with Gasteiger partial charge >= 0.3 is 0 Å². The van der Waals surface area contributed by atoms with Crippen molar-refractivity contribution in [2.45, 2.75) is 17.8 Å². The molecule has 0 unspecified atom stereocenters. The third-order valence-electron chi connectivity index (χ3n) is 2.60. The zero-order chi connectivity index (χ0) is 13.9. The zero-order valence-corrected chi connectivity index (χ0v) is 11.5. The molecule has 102 valence electrons. The quantitative estimate of drug-likeness (QED) is 0.576. The van der Waals surface area contributed by atoms with Crippen LogP contribution in [0.25, 0.3) is 11.5 Å². The van der Waals surface area contributed by atoms with Crippen LogP contribution in [-0.4, -0.2) is 25.1 Å². The fourth-order valence-corrected chi connectivity index (χ4v) is 2.34. The van der Waals surface area contributed by atoms with Crippen molar-refractivity contribution in [2.24, 2.45) is 0 Å². The zero-order valence-electron chi connectivity index (χ0n) is 10.7. The lowest BCUT2D eigenvalue weighted by molar-refractivity contribution is 0.528. The first kappa shape index (κ1) is 12.7. The first-order chi connectivity index (χ1) is 9.72. The summed E-state index contributed by atoms with van der Waals surface area (Å²) in [5, 5.41) is 16.2. The molecule has 20 heavy (non-hydrogen) atoms. The third-order valence-corrected chi connectivity index (χ3v) is 3.54. The molecule has 0 aliphatic rings. The molecule has 2 heterocycles. The van der Waals surface area contributed by atoms with E-state index in [1.54, 1.807) is 0 Å². The van der Waals surface area contributed by atoms with Gasteiger partial charge in [0.25, 0.3) is 0 Å². The molecule has 8 heteroatoms. The molecule has 0 bridgehead atoms. The molecule has 0 radical (unpaired) electrons. The number of hydrogen-bond donors (Lipinski definition) is 1. The smallest absolute Gasteiger partial charge is 0.247 e. The van der Waals surface area contributed by atoms with Crippen LogP contribution in [0.1, 0.15) is 11.5 Å². The minimum atomic E-state index is 0.495. The second-order valence-electron chi connectivity index (χ2n) is 4.18. The van der Waals surface area contributed by atoms with Crippen LogP contribution in [0.3, 0.4) is 0 Å². The summed E-state index contributed by atoms with van der Waals surface area (Å²) in [4.78, 5) is 0. The van der Waals surface area contributed by atoms with E-state index in [0.717, 1.165) is 11.1 Å². The monoisotopic (exact) mass is 288 g/mol. The molecule has 0 spiro atoms. The van der Waals surface area contributed by atoms with Gasteiger partial charge in [-0.3, -0.25) is 0 Å². The molecule has 3 rings (SSSR count). The molecule has 3 aromatic rings. The van der Waals surface area contributed by atoms with Crippen LogP contribution >= 0.6 is 11.8 Å². The predicted molar refractivity (Wildman–Crippen MR) is 74.2 cm³/mol. The van der Waals surface area contributed by atoms with Crippen LogP contribution in [-0.2, 0) is 5.75 Å². The molecule has 0 aliphatic carbocycles. The van der Waals surface area contributed by atoms with Crippen LogP contribution in [0.2, 0.25) is 0 Å². The van der Waals surface area contributed by atoms with Gasteiger partial charge in [0.05, 0.1) is 5.75 Å². The maximum absolute atomic E-state index is 5.62. The highest BCUT2D eigenvalue weighted by Gasteiger charge is 2.10. The molecular weight excluding hydrogens is 276 g/mol. The van der Waals surface area contributed by atoms with Gasteiger partial charge in [-0.25, -0.2) is 4.68 Å². The SMILES string of the molecule is Cc1cccc(-c2nnc(CSc3nncn3N)o2)c1. The average molecular weight is 288 g/mol. The Morgan fingerprint density at radius 1 is 1.30 bits per heavy atom. The number of benzene rings is 1. The van der Waals surface area contributed by atoms with E-state index in [1.807, 2.05) is 31.2 Å². The topological polar surface area (TPSA) is 95.7 Å². The van der Waals surface area contributed by atoms with Crippen molar-refractivity contribution in [2.75, 3.05) is 5.84 Å². The molecule has 2 N–H and O–H groups in total. The van der Waals surface area contributed by atoms with Crippen molar-refractivity contribution in [1.82, 2.24) is 25.1 Å². The van der Waals surface area contributed by atoms with Crippen molar-refractivity contribution < 1.29 is 4.42 Å². The van der Waals surface area contributed by atoms with Crippen LogP contribution in [0.4, 0.5) is 0 Å². The lowest BCUT2D eigenvalue weighted by atomic mass is 10.1. The van der Waals surface area contributed by atoms with E-state index in [0.29, 0.717) is 22.7 Å². The molecule has 2 aromatic heterocycles. The van der Waals surface area contributed by atoms with Crippen molar-refractivity contribution in [3.05, 3.63) is 42.0 Å². The highest BCUT2D eigenvalue weighted by molar-refractivity contribution is 7.98. The average Bonchev–Trinajstić information content (AvgIpc) is 3.05. The van der Waals surface area contributed by atoms with Gasteiger partial charge in [0.2, 0.25) is 16.9 Å². The largest absolute Gasteiger partial charge is 0.420 e. The van der Waals surface area contributed by atoms with Crippen LogP contribution < -0.4 is 5.84 Å². The van der Waals surface area contributed by atoms with Crippen LogP contribution in [0.15, 0.2) is 40.2 Å². The van der Waals surface area contributed by atoms with Crippen molar-refractivity contribution in [3.63, 3.8) is 0 Å². The number of aromatic nitrogens is 5. The van der Waals surface area contributed by atoms with E-state index in [-0.39, 0.29) is 0 Å². The Kier molecular flexibility index (Phi) is 3.38. The summed E-state index contributed by atoms with van der Waals surface area (Å²) in [6.07, 6.45) is 1.44. The molecular formula is C12H12N6OS. The highest BCUT2D eigenvalue weighted by atomic mass is 32.2. The van der Waals surface area contributed by atoms with Crippen molar-refractivity contribution >= 4 is 11.8 Å². The molecule has 7 nitrogen and oxygen atoms in total. The van der Waals surface area contributed by atoms with Gasteiger partial charge in [-0.1, -0.05) is 29.5 Å². The van der Waals surface area contributed by atoms with E-state index < -0.39 is 0 Å². The second kappa shape index (κ2) is 5.33. The van der Waals surface area contributed by atoms with Gasteiger partial charge in [-0.2, -0.15) is 0 Å². The maximum atomic E-state index is 5.62. The Morgan fingerprint density at radius 3 is 2.95 bits per heavy atom. The van der Waals surface area contributed by atoms with Gasteiger partial charge in [-0.05, 0) is 19.1 Å². The second-order valence-corrected chi connectivity index (χ2v) is 5.12. The molecule has 1 aromatic carbocycles. The fourth-order valence-electron chi connectivity index (χ4n) is 1.67. The molecule has 0 amide bonds. The Labute approximate surface area is 119 Å². The number of nitrogens with two attached hydrogens (primary N) is 1. The van der Waals surface area contributed by atoms with Crippen molar-refractivity contribution in [1.29, 1.82) is 0 Å². The predicted octanol–water partition coefficient (Wildman–Crippen LogP) is 1.64. The standard InChI is InChI=1S/C12H12N6OS/c1-8-3-2-4-9(5-8)11-16-15-10(19-11)6-20-12-17-14-7-18(12)13/h2-5,7H,6,13H2,1H3. The number of aryl methyl sites for hydroxylation is 1. The van der Waals surface area contributed by atoms with Crippen molar-refractivity contribution in [3.8, 4) is 11.5 Å². The summed E-state index contributed by atoms with van der Waals surface area (Å²) < 4.78 is 6.97. The molecule has 0 saturated carbocycles. The Hall–Kier alpha value is -2.35. The lowest BCUT2D eigenvalue weighted by Gasteiger charge is -1.97. The minimum Gasteiger partial charge on any atom is -0.420 e. The molecule has 0 fully saturated rings. The van der Waals surface area contributed by atoms with Gasteiger partial charge in [0, 0.05) is 5.56 Å². The number of rotatable bonds is 4. The molecule has 0 aliphatic heterocycles. The van der Waals surface area contributed by atoms with E-state index in [4.69, 9.17) is 10.3 Å². The Balaban J connectivity index is 1.72. The van der Waals surface area contributed by atoms with Crippen LogP contribution in [0, 0.1) is 6.92 Å². The Morgan fingerprint density at radius 2 is 2.20 bits per heavy atom. The minimum absolute atomic E-state index is 0.495. The Bertz CT molecular complexity index is 722. The number of thioether (sulfide) groups is 1. The van der Waals surface area contributed by atoms with E-state index in [2.05, 4.69) is 20.4 Å². The molecule has 0 atom stereocenters. The summed E-state index contributed by atoms with van der Waals surface area (Å²) in [6.45, 7) is 2.02. The fraction of sp³-hybridized carbons (Fsp3) is 0.167. The number of hydrogen-bond acceptors (Lipinski definition) is 7. The van der Waals surface area contributed by atoms with Gasteiger partial charge in [0.1, 0.15) is 6.33 Å². The van der Waals surface area contributed by atoms with E-state index in [1.165, 1.54) is 22.8 Å². The summed E-state index contributed by atoms with van der Waals surface area (Å²) in [5.41, 5.74) is 2.06. The normalized spacial score (nSPS) is 10.8. The lowest BCUT2D eigenvalue weighted by Crippen LogP contribution is -2.07. The van der Waals surface area contributed by atoms with E-state index >= 15 is 0 Å². The molecule has 0 saturated heterocycles. The summed E-state index contributed by atoms with van der Waals surface area (Å²) >= 11 is 1.39. The number of nitrogens with zero attached hydrogens (tertiary/aromatic N) is 5. The number of nitrogen functional groups attached to an aromatic ring is 1. The first-order valence-corrected chi connectivity index (χ1v) is 6.88. The van der Waals surface area contributed by atoms with Gasteiger partial charge in [-0.15, -0.1) is 20.4 Å². The highest BCUT2D eigenvalue weighted by Crippen LogP contribution is 2.22. The summed E-state index contributed by atoms with van der Waals surface area (Å²) in [7, 11) is 0.